The van der Waals surface area contributed by atoms with Gasteiger partial charge < -0.3 is 4.90 Å². The van der Waals surface area contributed by atoms with Crippen molar-refractivity contribution >= 4 is 37.5 Å². The molecule has 0 bridgehead atoms. The summed E-state index contributed by atoms with van der Waals surface area (Å²) in [6.45, 7) is 5.34. The zero-order valence-electron chi connectivity index (χ0n) is 15.6. The Hall–Kier alpha value is -2.29. The molecule has 2 N–H and O–H groups in total. The number of carbonyl (C=O) groups is 1. The molecule has 27 heavy (non-hydrogen) atoms. The zero-order chi connectivity index (χ0) is 19.9. The lowest BCUT2D eigenvalue weighted by Crippen LogP contribution is -2.30. The predicted octanol–water partition coefficient (Wildman–Crippen LogP) is 3.39. The number of amides is 1. The number of aromatic nitrogens is 1. The molecule has 1 aromatic heterocycles. The summed E-state index contributed by atoms with van der Waals surface area (Å²) in [5.41, 5.74) is 2.44. The van der Waals surface area contributed by atoms with Crippen LogP contribution in [0.5, 0.6) is 0 Å². The summed E-state index contributed by atoms with van der Waals surface area (Å²) in [6, 6.07) is 10.6. The molecule has 0 saturated heterocycles. The predicted molar refractivity (Wildman–Crippen MR) is 107 cm³/mol. The van der Waals surface area contributed by atoms with Gasteiger partial charge in [-0.1, -0.05) is 12.1 Å². The summed E-state index contributed by atoms with van der Waals surface area (Å²) >= 11 is 1.54. The van der Waals surface area contributed by atoms with Crippen LogP contribution in [-0.4, -0.2) is 31.3 Å². The third kappa shape index (κ3) is 3.73. The first-order valence-electron chi connectivity index (χ1n) is 8.36. The summed E-state index contributed by atoms with van der Waals surface area (Å²) in [5, 5.41) is 6.13. The van der Waals surface area contributed by atoms with E-state index in [1.165, 1.54) is 17.4 Å². The fraction of sp³-hybridized carbons (Fsp3) is 0.263. The van der Waals surface area contributed by atoms with Gasteiger partial charge >= 0.3 is 0 Å². The van der Waals surface area contributed by atoms with Crippen LogP contribution in [0.1, 0.15) is 39.5 Å². The Morgan fingerprint density at radius 3 is 2.52 bits per heavy atom. The largest absolute Gasteiger partial charge is 0.333 e. The number of hydrogen-bond acceptors (Lipinski definition) is 5. The molecule has 1 atom stereocenters. The summed E-state index contributed by atoms with van der Waals surface area (Å²) in [5.74, 6) is -0.283. The van der Waals surface area contributed by atoms with E-state index in [1.54, 1.807) is 31.9 Å². The van der Waals surface area contributed by atoms with Crippen LogP contribution in [-0.2, 0) is 10.0 Å². The minimum atomic E-state index is -3.91. The molecule has 6 nitrogen and oxygen atoms in total. The van der Waals surface area contributed by atoms with E-state index in [1.807, 2.05) is 31.2 Å². The Bertz CT molecular complexity index is 1100. The second-order valence-electron chi connectivity index (χ2n) is 6.57. The molecule has 3 rings (SSSR count). The van der Waals surface area contributed by atoms with Gasteiger partial charge in [0, 0.05) is 12.6 Å². The molecule has 0 aliphatic heterocycles. The summed E-state index contributed by atoms with van der Waals surface area (Å²) in [6.07, 6.45) is 0. The normalized spacial score (nSPS) is 12.9. The number of para-hydroxylation sites is 1. The lowest BCUT2D eigenvalue weighted by molar-refractivity contribution is 0.0742. The first kappa shape index (κ1) is 19.5. The lowest BCUT2D eigenvalue weighted by atomic mass is 10.0. The van der Waals surface area contributed by atoms with E-state index >= 15 is 0 Å². The number of sulfonamides is 1. The van der Waals surface area contributed by atoms with Crippen molar-refractivity contribution in [1.82, 2.24) is 9.88 Å². The minimum absolute atomic E-state index is 0.0214. The monoisotopic (exact) mass is 403 g/mol. The number of rotatable bonds is 4. The highest BCUT2D eigenvalue weighted by molar-refractivity contribution is 7.89. The van der Waals surface area contributed by atoms with Gasteiger partial charge in [0.15, 0.2) is 0 Å². The average Bonchev–Trinajstić information content (AvgIpc) is 3.05. The molecule has 1 amide bonds. The highest BCUT2D eigenvalue weighted by Crippen LogP contribution is 2.30. The second kappa shape index (κ2) is 7.03. The van der Waals surface area contributed by atoms with Gasteiger partial charge in [0.25, 0.3) is 5.91 Å². The van der Waals surface area contributed by atoms with Gasteiger partial charge in [-0.25, -0.2) is 18.5 Å². The molecule has 2 aromatic carbocycles. The van der Waals surface area contributed by atoms with Gasteiger partial charge in [-0.2, -0.15) is 0 Å². The SMILES string of the molecule is Cc1cc(C(=O)N(C)C(C)c2nc3ccccc3s2)cc(S(N)(=O)=O)c1C. The van der Waals surface area contributed by atoms with Gasteiger partial charge in [-0.3, -0.25) is 4.79 Å². The van der Waals surface area contributed by atoms with Gasteiger partial charge in [0.1, 0.15) is 5.01 Å². The summed E-state index contributed by atoms with van der Waals surface area (Å²) in [4.78, 5) is 19.1. The van der Waals surface area contributed by atoms with Gasteiger partial charge in [-0.05, 0) is 56.2 Å². The fourth-order valence-electron chi connectivity index (χ4n) is 2.86. The Balaban J connectivity index is 1.96. The number of thiazole rings is 1. The third-order valence-corrected chi connectivity index (χ3v) is 6.99. The summed E-state index contributed by atoms with van der Waals surface area (Å²) < 4.78 is 24.8. The minimum Gasteiger partial charge on any atom is -0.333 e. The molecular weight excluding hydrogens is 382 g/mol. The summed E-state index contributed by atoms with van der Waals surface area (Å²) in [7, 11) is -2.22. The van der Waals surface area contributed by atoms with Crippen molar-refractivity contribution in [2.24, 2.45) is 5.14 Å². The Kier molecular flexibility index (Phi) is 5.07. The highest BCUT2D eigenvalue weighted by atomic mass is 32.2. The molecule has 0 aliphatic carbocycles. The molecule has 0 saturated carbocycles. The van der Waals surface area contributed by atoms with E-state index in [9.17, 15) is 13.2 Å². The number of carbonyl (C=O) groups excluding carboxylic acids is 1. The molecule has 142 valence electrons. The number of benzene rings is 2. The average molecular weight is 404 g/mol. The lowest BCUT2D eigenvalue weighted by Gasteiger charge is -2.24. The second-order valence-corrected chi connectivity index (χ2v) is 9.17. The first-order chi connectivity index (χ1) is 12.6. The number of fused-ring (bicyclic) bond motifs is 1. The van der Waals surface area contributed by atoms with E-state index in [4.69, 9.17) is 5.14 Å². The van der Waals surface area contributed by atoms with Crippen LogP contribution in [0.3, 0.4) is 0 Å². The molecule has 0 radical (unpaired) electrons. The van der Waals surface area contributed by atoms with Crippen molar-refractivity contribution in [2.75, 3.05) is 7.05 Å². The third-order valence-electron chi connectivity index (χ3n) is 4.74. The van der Waals surface area contributed by atoms with Crippen LogP contribution >= 0.6 is 11.3 Å². The Morgan fingerprint density at radius 2 is 1.89 bits per heavy atom. The van der Waals surface area contributed by atoms with Gasteiger partial charge in [-0.15, -0.1) is 11.3 Å². The number of nitrogens with zero attached hydrogens (tertiary/aromatic N) is 2. The molecule has 3 aromatic rings. The van der Waals surface area contributed by atoms with Crippen molar-refractivity contribution in [1.29, 1.82) is 0 Å². The number of nitrogens with two attached hydrogens (primary N) is 1. The van der Waals surface area contributed by atoms with Crippen LogP contribution in [0.2, 0.25) is 0 Å². The van der Waals surface area contributed by atoms with Crippen LogP contribution in [0.25, 0.3) is 10.2 Å². The molecule has 0 fully saturated rings. The fourth-order valence-corrected chi connectivity index (χ4v) is 4.80. The first-order valence-corrected chi connectivity index (χ1v) is 10.7. The number of aryl methyl sites for hydroxylation is 1. The number of primary sulfonamides is 1. The van der Waals surface area contributed by atoms with Crippen molar-refractivity contribution in [3.05, 3.63) is 58.1 Å². The van der Waals surface area contributed by atoms with Crippen molar-refractivity contribution in [3.63, 3.8) is 0 Å². The quantitative estimate of drug-likeness (QED) is 0.722. The van der Waals surface area contributed by atoms with Gasteiger partial charge in [0.05, 0.1) is 21.2 Å². The van der Waals surface area contributed by atoms with Crippen LogP contribution in [0.4, 0.5) is 0 Å². The molecule has 0 aliphatic rings. The van der Waals surface area contributed by atoms with E-state index in [-0.39, 0.29) is 22.4 Å². The standard InChI is InChI=1S/C19H21N3O3S2/c1-11-9-14(10-17(12(11)2)27(20,24)25)19(23)22(4)13(3)18-21-15-7-5-6-8-16(15)26-18/h5-10,13H,1-4H3,(H2,20,24,25). The smallest absolute Gasteiger partial charge is 0.254 e. The van der Waals surface area contributed by atoms with E-state index in [0.717, 1.165) is 15.2 Å². The maximum atomic E-state index is 13.0. The molecule has 1 heterocycles. The van der Waals surface area contributed by atoms with Crippen molar-refractivity contribution in [3.8, 4) is 0 Å². The van der Waals surface area contributed by atoms with E-state index in [2.05, 4.69) is 4.98 Å². The highest BCUT2D eigenvalue weighted by Gasteiger charge is 2.24. The van der Waals surface area contributed by atoms with Crippen LogP contribution < -0.4 is 5.14 Å². The van der Waals surface area contributed by atoms with Crippen LogP contribution in [0, 0.1) is 13.8 Å². The van der Waals surface area contributed by atoms with Crippen LogP contribution in [0.15, 0.2) is 41.3 Å². The van der Waals surface area contributed by atoms with Crippen molar-refractivity contribution < 1.29 is 13.2 Å². The molecular formula is C19H21N3O3S2. The molecule has 0 spiro atoms. The maximum Gasteiger partial charge on any atom is 0.254 e. The van der Waals surface area contributed by atoms with Gasteiger partial charge in [0.2, 0.25) is 10.0 Å². The number of hydrogen-bond donors (Lipinski definition) is 1. The topological polar surface area (TPSA) is 93.4 Å². The van der Waals surface area contributed by atoms with E-state index < -0.39 is 10.0 Å². The Morgan fingerprint density at radius 1 is 1.22 bits per heavy atom. The Labute approximate surface area is 162 Å². The van der Waals surface area contributed by atoms with E-state index in [0.29, 0.717) is 11.1 Å². The maximum absolute atomic E-state index is 13.0. The van der Waals surface area contributed by atoms with Crippen molar-refractivity contribution in [2.45, 2.75) is 31.7 Å². The molecule has 8 heteroatoms. The zero-order valence-corrected chi connectivity index (χ0v) is 17.2. The molecule has 1 unspecified atom stereocenters.